The molecular formula is C13H13N5S. The maximum atomic E-state index is 5.76. The van der Waals surface area contributed by atoms with E-state index in [4.69, 9.17) is 5.73 Å². The van der Waals surface area contributed by atoms with Crippen molar-refractivity contribution < 1.29 is 0 Å². The number of anilines is 1. The second-order valence-corrected chi connectivity index (χ2v) is 4.95. The third kappa shape index (κ3) is 2.34. The molecule has 2 N–H and O–H groups in total. The molecule has 0 fully saturated rings. The Morgan fingerprint density at radius 1 is 1.37 bits per heavy atom. The Morgan fingerprint density at radius 2 is 2.26 bits per heavy atom. The molecule has 96 valence electrons. The van der Waals surface area contributed by atoms with Crippen LogP contribution in [0.2, 0.25) is 0 Å². The van der Waals surface area contributed by atoms with E-state index in [-0.39, 0.29) is 0 Å². The summed E-state index contributed by atoms with van der Waals surface area (Å²) >= 11 is 1.56. The summed E-state index contributed by atoms with van der Waals surface area (Å²) in [7, 11) is 0. The minimum absolute atomic E-state index is 0.653. The van der Waals surface area contributed by atoms with Gasteiger partial charge in [0.15, 0.2) is 5.82 Å². The predicted molar refractivity (Wildman–Crippen MR) is 76.3 cm³/mol. The Bertz CT molecular complexity index is 700. The number of hydrogen-bond acceptors (Lipinski definition) is 5. The first-order valence-electron chi connectivity index (χ1n) is 5.98. The van der Waals surface area contributed by atoms with Crippen molar-refractivity contribution in [2.24, 2.45) is 0 Å². The van der Waals surface area contributed by atoms with Crippen molar-refractivity contribution in [3.05, 3.63) is 41.7 Å². The summed E-state index contributed by atoms with van der Waals surface area (Å²) in [6.45, 7) is 2.08. The zero-order valence-corrected chi connectivity index (χ0v) is 11.3. The van der Waals surface area contributed by atoms with E-state index in [2.05, 4.69) is 22.0 Å². The Morgan fingerprint density at radius 3 is 3.00 bits per heavy atom. The maximum absolute atomic E-state index is 5.76. The number of rotatable bonds is 3. The van der Waals surface area contributed by atoms with Gasteiger partial charge in [-0.3, -0.25) is 0 Å². The molecule has 2 aromatic heterocycles. The molecule has 0 spiro atoms. The molecule has 1 aromatic carbocycles. The number of aryl methyl sites for hydroxylation is 1. The average molecular weight is 271 g/mol. The van der Waals surface area contributed by atoms with Crippen LogP contribution in [0.15, 0.2) is 36.0 Å². The van der Waals surface area contributed by atoms with Crippen LogP contribution in [0, 0.1) is 0 Å². The summed E-state index contributed by atoms with van der Waals surface area (Å²) in [5, 5.41) is 7.31. The zero-order chi connectivity index (χ0) is 13.2. The number of benzene rings is 1. The summed E-state index contributed by atoms with van der Waals surface area (Å²) in [4.78, 5) is 8.78. The third-order valence-corrected chi connectivity index (χ3v) is 3.61. The fourth-order valence-corrected chi connectivity index (χ4v) is 2.56. The summed E-state index contributed by atoms with van der Waals surface area (Å²) in [5.41, 5.74) is 8.45. The molecule has 0 atom stereocenters. The van der Waals surface area contributed by atoms with Gasteiger partial charge in [0.1, 0.15) is 6.33 Å². The van der Waals surface area contributed by atoms with Gasteiger partial charge in [-0.25, -0.2) is 9.97 Å². The molecule has 0 aliphatic heterocycles. The van der Waals surface area contributed by atoms with Gasteiger partial charge < -0.3 is 5.73 Å². The molecule has 0 bridgehead atoms. The standard InChI is InChI=1S/C13H13N5S/c1-2-11-7-19-13(16-11)18-8-15-12(17-18)9-4-3-5-10(14)6-9/h3-8H,2,14H2,1H3. The van der Waals surface area contributed by atoms with Crippen molar-refractivity contribution in [2.75, 3.05) is 5.73 Å². The number of hydrogen-bond donors (Lipinski definition) is 1. The number of thiazole rings is 1. The molecule has 0 aliphatic rings. The molecule has 0 amide bonds. The van der Waals surface area contributed by atoms with Gasteiger partial charge in [0.25, 0.3) is 0 Å². The van der Waals surface area contributed by atoms with Crippen molar-refractivity contribution in [3.8, 4) is 16.5 Å². The quantitative estimate of drug-likeness (QED) is 0.743. The highest BCUT2D eigenvalue weighted by Gasteiger charge is 2.08. The van der Waals surface area contributed by atoms with Gasteiger partial charge in [-0.2, -0.15) is 4.68 Å². The highest BCUT2D eigenvalue weighted by Crippen LogP contribution is 2.19. The smallest absolute Gasteiger partial charge is 0.212 e. The second-order valence-electron chi connectivity index (χ2n) is 4.11. The van der Waals surface area contributed by atoms with E-state index in [1.807, 2.05) is 29.6 Å². The van der Waals surface area contributed by atoms with E-state index >= 15 is 0 Å². The highest BCUT2D eigenvalue weighted by molar-refractivity contribution is 7.12. The molecule has 0 unspecified atom stereocenters. The Balaban J connectivity index is 1.95. The number of nitrogens with zero attached hydrogens (tertiary/aromatic N) is 4. The van der Waals surface area contributed by atoms with Crippen LogP contribution in [0.3, 0.4) is 0 Å². The van der Waals surface area contributed by atoms with Gasteiger partial charge in [-0.15, -0.1) is 16.4 Å². The molecule has 0 aliphatic carbocycles. The van der Waals surface area contributed by atoms with Crippen LogP contribution in [-0.2, 0) is 6.42 Å². The van der Waals surface area contributed by atoms with Gasteiger partial charge in [0, 0.05) is 16.6 Å². The first-order chi connectivity index (χ1) is 9.26. The van der Waals surface area contributed by atoms with Crippen LogP contribution in [0.4, 0.5) is 5.69 Å². The van der Waals surface area contributed by atoms with Crippen molar-refractivity contribution in [3.63, 3.8) is 0 Å². The lowest BCUT2D eigenvalue weighted by Gasteiger charge is -1.96. The topological polar surface area (TPSA) is 69.6 Å². The van der Waals surface area contributed by atoms with Gasteiger partial charge in [0.2, 0.25) is 5.13 Å². The molecule has 3 aromatic rings. The lowest BCUT2D eigenvalue weighted by atomic mass is 10.2. The SMILES string of the molecule is CCc1csc(-n2cnc(-c3cccc(N)c3)n2)n1. The summed E-state index contributed by atoms with van der Waals surface area (Å²) in [5.74, 6) is 0.653. The molecule has 0 saturated heterocycles. The monoisotopic (exact) mass is 271 g/mol. The van der Waals surface area contributed by atoms with E-state index in [1.54, 1.807) is 22.3 Å². The Kier molecular flexibility index (Phi) is 3.00. The van der Waals surface area contributed by atoms with Crippen molar-refractivity contribution in [1.29, 1.82) is 0 Å². The van der Waals surface area contributed by atoms with Crippen LogP contribution in [0.5, 0.6) is 0 Å². The van der Waals surface area contributed by atoms with Gasteiger partial charge in [0.05, 0.1) is 5.69 Å². The van der Waals surface area contributed by atoms with E-state index < -0.39 is 0 Å². The fraction of sp³-hybridized carbons (Fsp3) is 0.154. The van der Waals surface area contributed by atoms with E-state index in [1.165, 1.54) is 0 Å². The molecule has 19 heavy (non-hydrogen) atoms. The van der Waals surface area contributed by atoms with E-state index in [0.717, 1.165) is 22.8 Å². The van der Waals surface area contributed by atoms with Crippen LogP contribution in [-0.4, -0.2) is 19.7 Å². The van der Waals surface area contributed by atoms with E-state index in [0.29, 0.717) is 11.5 Å². The molecule has 5 nitrogen and oxygen atoms in total. The number of nitrogens with two attached hydrogens (primary N) is 1. The number of aromatic nitrogens is 4. The molecule has 3 rings (SSSR count). The molecular weight excluding hydrogens is 258 g/mol. The predicted octanol–water partition coefficient (Wildman–Crippen LogP) is 2.54. The van der Waals surface area contributed by atoms with Crippen molar-refractivity contribution in [2.45, 2.75) is 13.3 Å². The summed E-state index contributed by atoms with van der Waals surface area (Å²) in [6.07, 6.45) is 2.60. The normalized spacial score (nSPS) is 10.8. The van der Waals surface area contributed by atoms with Crippen molar-refractivity contribution >= 4 is 17.0 Å². The second kappa shape index (κ2) is 4.81. The van der Waals surface area contributed by atoms with E-state index in [9.17, 15) is 0 Å². The Labute approximate surface area is 114 Å². The minimum atomic E-state index is 0.653. The van der Waals surface area contributed by atoms with Crippen LogP contribution >= 0.6 is 11.3 Å². The summed E-state index contributed by atoms with van der Waals surface area (Å²) < 4.78 is 1.70. The van der Waals surface area contributed by atoms with Gasteiger partial charge in [-0.05, 0) is 18.6 Å². The fourth-order valence-electron chi connectivity index (χ4n) is 1.73. The molecule has 0 saturated carbocycles. The third-order valence-electron chi connectivity index (χ3n) is 2.73. The molecule has 6 heteroatoms. The van der Waals surface area contributed by atoms with Gasteiger partial charge >= 0.3 is 0 Å². The highest BCUT2D eigenvalue weighted by atomic mass is 32.1. The first-order valence-corrected chi connectivity index (χ1v) is 6.86. The average Bonchev–Trinajstić information content (AvgIpc) is 3.07. The lowest BCUT2D eigenvalue weighted by Crippen LogP contribution is -1.95. The van der Waals surface area contributed by atoms with Crippen LogP contribution in [0.1, 0.15) is 12.6 Å². The first kappa shape index (κ1) is 11.9. The Hall–Kier alpha value is -2.21. The molecule has 0 radical (unpaired) electrons. The van der Waals surface area contributed by atoms with Crippen LogP contribution in [0.25, 0.3) is 16.5 Å². The van der Waals surface area contributed by atoms with Gasteiger partial charge in [-0.1, -0.05) is 19.1 Å². The minimum Gasteiger partial charge on any atom is -0.399 e. The maximum Gasteiger partial charge on any atom is 0.212 e. The lowest BCUT2D eigenvalue weighted by molar-refractivity contribution is 0.860. The summed E-state index contributed by atoms with van der Waals surface area (Å²) in [6, 6.07) is 7.53. The van der Waals surface area contributed by atoms with Crippen LogP contribution < -0.4 is 5.73 Å². The molecule has 2 heterocycles. The van der Waals surface area contributed by atoms with Crippen molar-refractivity contribution in [1.82, 2.24) is 19.7 Å². The number of nitrogen functional groups attached to an aromatic ring is 1. The zero-order valence-electron chi connectivity index (χ0n) is 10.4. The largest absolute Gasteiger partial charge is 0.399 e.